The number of allylic oxidation sites excluding steroid dienone is 2. The van der Waals surface area contributed by atoms with E-state index in [-0.39, 0.29) is 17.9 Å². The first-order valence-corrected chi connectivity index (χ1v) is 9.54. The second kappa shape index (κ2) is 11.2. The first-order chi connectivity index (χ1) is 9.89. The maximum absolute atomic E-state index is 12.9. The number of unbranched alkanes of at least 4 members (excludes halogenated alkanes) is 1. The fourth-order valence-corrected chi connectivity index (χ4v) is 4.05. The molecule has 1 unspecified atom stereocenters. The monoisotopic (exact) mass is 318 g/mol. The molecule has 0 saturated heterocycles. The van der Waals surface area contributed by atoms with Crippen molar-refractivity contribution in [3.63, 3.8) is 0 Å². The molecule has 0 radical (unpaired) electrons. The van der Waals surface area contributed by atoms with Gasteiger partial charge in [-0.2, -0.15) is 0 Å². The van der Waals surface area contributed by atoms with Gasteiger partial charge in [-0.15, -0.1) is 0 Å². The van der Waals surface area contributed by atoms with Gasteiger partial charge in [0, 0.05) is 12.8 Å². The zero-order chi connectivity index (χ0) is 16.3. The third-order valence-corrected chi connectivity index (χ3v) is 5.66. The maximum Gasteiger partial charge on any atom is 0.334 e. The predicted octanol–water partition coefficient (Wildman–Crippen LogP) is 5.13. The van der Waals surface area contributed by atoms with Crippen molar-refractivity contribution in [1.29, 1.82) is 0 Å². The van der Waals surface area contributed by atoms with Crippen LogP contribution in [0.5, 0.6) is 0 Å². The second-order valence-corrected chi connectivity index (χ2v) is 7.72. The van der Waals surface area contributed by atoms with Crippen LogP contribution in [0.25, 0.3) is 0 Å². The molecule has 0 fully saturated rings. The van der Waals surface area contributed by atoms with Gasteiger partial charge >= 0.3 is 7.60 Å². The fraction of sp³-hybridized carbons (Fsp3) is 0.812. The molecule has 0 aliphatic rings. The van der Waals surface area contributed by atoms with E-state index in [1.165, 1.54) is 0 Å². The van der Waals surface area contributed by atoms with Gasteiger partial charge < -0.3 is 9.05 Å². The third-order valence-electron chi connectivity index (χ3n) is 3.14. The summed E-state index contributed by atoms with van der Waals surface area (Å²) in [5.74, 6) is 0.142. The van der Waals surface area contributed by atoms with Crippen molar-refractivity contribution in [2.45, 2.75) is 72.4 Å². The molecule has 0 saturated carbocycles. The van der Waals surface area contributed by atoms with Crippen molar-refractivity contribution in [3.05, 3.63) is 11.6 Å². The summed E-state index contributed by atoms with van der Waals surface area (Å²) in [5.41, 5.74) is 0.761. The van der Waals surface area contributed by atoms with Gasteiger partial charge in [-0.25, -0.2) is 0 Å². The Kier molecular flexibility index (Phi) is 10.9. The van der Waals surface area contributed by atoms with E-state index in [1.807, 2.05) is 19.9 Å². The molecule has 0 amide bonds. The number of hydrogen-bond donors (Lipinski definition) is 0. The molecule has 0 aromatic rings. The molecule has 1 atom stereocenters. The summed E-state index contributed by atoms with van der Waals surface area (Å²) in [6.45, 7) is 10.3. The van der Waals surface area contributed by atoms with Gasteiger partial charge in [0.2, 0.25) is 0 Å². The minimum absolute atomic E-state index is 0.142. The second-order valence-electron chi connectivity index (χ2n) is 5.39. The largest absolute Gasteiger partial charge is 0.334 e. The highest BCUT2D eigenvalue weighted by molar-refractivity contribution is 7.54. The molecule has 0 heterocycles. The minimum Gasteiger partial charge on any atom is -0.309 e. The number of Topliss-reactive ketones (excluding diaryl/α,β-unsaturated/α-hetero) is 1. The van der Waals surface area contributed by atoms with Crippen molar-refractivity contribution < 1.29 is 18.4 Å². The molecule has 4 nitrogen and oxygen atoms in total. The summed E-state index contributed by atoms with van der Waals surface area (Å²) in [6, 6.07) is 0. The maximum atomic E-state index is 12.9. The van der Waals surface area contributed by atoms with Gasteiger partial charge in [0.1, 0.15) is 5.78 Å². The zero-order valence-corrected chi connectivity index (χ0v) is 15.1. The van der Waals surface area contributed by atoms with Crippen LogP contribution in [0.3, 0.4) is 0 Å². The number of hydrogen-bond acceptors (Lipinski definition) is 4. The average molecular weight is 318 g/mol. The van der Waals surface area contributed by atoms with Crippen LogP contribution < -0.4 is 0 Å². The summed E-state index contributed by atoms with van der Waals surface area (Å²) in [6.07, 6.45) is 5.22. The predicted molar refractivity (Wildman–Crippen MR) is 87.8 cm³/mol. The van der Waals surface area contributed by atoms with Crippen LogP contribution in [0.4, 0.5) is 0 Å². The van der Waals surface area contributed by atoms with E-state index in [4.69, 9.17) is 9.05 Å². The van der Waals surface area contributed by atoms with Gasteiger partial charge in [0.05, 0.1) is 18.9 Å². The Balaban J connectivity index is 5.03. The van der Waals surface area contributed by atoms with Crippen molar-refractivity contribution in [3.8, 4) is 0 Å². The first-order valence-electron chi connectivity index (χ1n) is 7.93. The highest BCUT2D eigenvalue weighted by Crippen LogP contribution is 2.55. The van der Waals surface area contributed by atoms with E-state index >= 15 is 0 Å². The third kappa shape index (κ3) is 8.55. The molecule has 0 bridgehead atoms. The van der Waals surface area contributed by atoms with Crippen LogP contribution in [-0.4, -0.2) is 24.7 Å². The molecule has 0 spiro atoms. The van der Waals surface area contributed by atoms with Crippen molar-refractivity contribution in [2.75, 3.05) is 13.2 Å². The van der Waals surface area contributed by atoms with Gasteiger partial charge in [0.25, 0.3) is 0 Å². The molecular formula is C16H31O4P. The van der Waals surface area contributed by atoms with E-state index < -0.39 is 7.60 Å². The number of carbonyl (C=O) groups excluding carboxylic acids is 1. The topological polar surface area (TPSA) is 52.6 Å². The molecule has 124 valence electrons. The van der Waals surface area contributed by atoms with E-state index in [2.05, 4.69) is 6.92 Å². The molecule has 0 aliphatic heterocycles. The van der Waals surface area contributed by atoms with Crippen LogP contribution in [0.15, 0.2) is 11.6 Å². The van der Waals surface area contributed by atoms with Crippen LogP contribution in [0.2, 0.25) is 0 Å². The molecule has 0 N–H and O–H groups in total. The van der Waals surface area contributed by atoms with Crippen LogP contribution in [-0.2, 0) is 18.4 Å². The molecule has 21 heavy (non-hydrogen) atoms. The normalized spacial score (nSPS) is 13.0. The summed E-state index contributed by atoms with van der Waals surface area (Å²) in [4.78, 5) is 12.1. The van der Waals surface area contributed by atoms with Crippen molar-refractivity contribution in [2.24, 2.45) is 0 Å². The van der Waals surface area contributed by atoms with Crippen LogP contribution in [0, 0.1) is 0 Å². The summed E-state index contributed by atoms with van der Waals surface area (Å²) >= 11 is 0. The van der Waals surface area contributed by atoms with Gasteiger partial charge in [0.15, 0.2) is 0 Å². The Morgan fingerprint density at radius 3 is 2.14 bits per heavy atom. The molecule has 0 aromatic heterocycles. The standard InChI is InChI=1S/C16H31O4P/c1-6-9-10-15(17)13-16(12-11-14(4)5)21(18,19-7-2)20-8-3/h11,16H,6-10,12-13H2,1-5H3. The summed E-state index contributed by atoms with van der Waals surface area (Å²) in [5, 5.41) is 0. The van der Waals surface area contributed by atoms with Crippen molar-refractivity contribution in [1.82, 2.24) is 0 Å². The lowest BCUT2D eigenvalue weighted by Gasteiger charge is -2.25. The van der Waals surface area contributed by atoms with E-state index in [0.717, 1.165) is 18.4 Å². The Labute approximate surface area is 129 Å². The molecule has 0 rings (SSSR count). The lowest BCUT2D eigenvalue weighted by Crippen LogP contribution is -2.17. The molecular weight excluding hydrogens is 287 g/mol. The minimum atomic E-state index is -3.24. The number of carbonyl (C=O) groups is 1. The van der Waals surface area contributed by atoms with Gasteiger partial charge in [-0.3, -0.25) is 9.36 Å². The quantitative estimate of drug-likeness (QED) is 0.370. The van der Waals surface area contributed by atoms with E-state index in [1.54, 1.807) is 13.8 Å². The lowest BCUT2D eigenvalue weighted by atomic mass is 10.1. The average Bonchev–Trinajstić information content (AvgIpc) is 2.41. The van der Waals surface area contributed by atoms with Crippen molar-refractivity contribution >= 4 is 13.4 Å². The van der Waals surface area contributed by atoms with Crippen LogP contribution >= 0.6 is 7.60 Å². The highest BCUT2D eigenvalue weighted by atomic mass is 31.2. The molecule has 5 heteroatoms. The molecule has 0 aromatic carbocycles. The zero-order valence-electron chi connectivity index (χ0n) is 14.2. The number of rotatable bonds is 12. The molecule has 0 aliphatic carbocycles. The Morgan fingerprint density at radius 2 is 1.71 bits per heavy atom. The summed E-state index contributed by atoms with van der Waals surface area (Å²) in [7, 11) is -3.24. The van der Waals surface area contributed by atoms with Gasteiger partial charge in [-0.1, -0.05) is 25.0 Å². The van der Waals surface area contributed by atoms with E-state index in [9.17, 15) is 9.36 Å². The SMILES string of the molecule is CCCCC(=O)CC(CC=C(C)C)P(=O)(OCC)OCC. The van der Waals surface area contributed by atoms with Crippen LogP contribution in [0.1, 0.15) is 66.7 Å². The Morgan fingerprint density at radius 1 is 1.14 bits per heavy atom. The summed E-state index contributed by atoms with van der Waals surface area (Å²) < 4.78 is 23.8. The Hall–Kier alpha value is -0.440. The fourth-order valence-electron chi connectivity index (χ4n) is 2.04. The first kappa shape index (κ1) is 20.6. The number of ketones is 1. The van der Waals surface area contributed by atoms with Gasteiger partial charge in [-0.05, 0) is 40.5 Å². The smallest absolute Gasteiger partial charge is 0.309 e. The highest BCUT2D eigenvalue weighted by Gasteiger charge is 2.35. The van der Waals surface area contributed by atoms with E-state index in [0.29, 0.717) is 26.1 Å². The Bertz CT molecular complexity index is 362. The lowest BCUT2D eigenvalue weighted by molar-refractivity contribution is -0.119.